The molecule has 2 fully saturated rings. The number of benzene rings is 1. The minimum Gasteiger partial charge on any atom is -0.469 e. The van der Waals surface area contributed by atoms with Crippen molar-refractivity contribution < 1.29 is 13.9 Å². The number of amides is 2. The van der Waals surface area contributed by atoms with Crippen LogP contribution in [0.1, 0.15) is 23.7 Å². The minimum absolute atomic E-state index is 0.0295. The van der Waals surface area contributed by atoms with Crippen LogP contribution in [0.5, 0.6) is 0 Å². The fourth-order valence-electron chi connectivity index (χ4n) is 4.14. The van der Waals surface area contributed by atoms with Gasteiger partial charge in [-0.05, 0) is 24.1 Å². The first-order chi connectivity index (χ1) is 12.3. The molecule has 3 atom stereocenters. The average Bonchev–Trinajstić information content (AvgIpc) is 3.30. The summed E-state index contributed by atoms with van der Waals surface area (Å²) >= 11 is 0. The Balaban J connectivity index is 1.42. The number of carbonyl (C=O) groups is 1. The van der Waals surface area contributed by atoms with Crippen molar-refractivity contribution in [1.82, 2.24) is 10.2 Å². The van der Waals surface area contributed by atoms with E-state index in [1.54, 1.807) is 6.26 Å². The van der Waals surface area contributed by atoms with Crippen LogP contribution in [0.15, 0.2) is 53.1 Å². The Morgan fingerprint density at radius 3 is 2.88 bits per heavy atom. The quantitative estimate of drug-likeness (QED) is 0.931. The summed E-state index contributed by atoms with van der Waals surface area (Å²) in [6, 6.07) is 14.6. The van der Waals surface area contributed by atoms with Gasteiger partial charge in [-0.1, -0.05) is 30.3 Å². The zero-order valence-corrected chi connectivity index (χ0v) is 14.3. The van der Waals surface area contributed by atoms with Crippen LogP contribution < -0.4 is 5.32 Å². The Morgan fingerprint density at radius 1 is 1.20 bits per heavy atom. The second-order valence-electron chi connectivity index (χ2n) is 6.83. The van der Waals surface area contributed by atoms with Gasteiger partial charge < -0.3 is 19.4 Å². The lowest BCUT2D eigenvalue weighted by Gasteiger charge is -2.32. The van der Waals surface area contributed by atoms with E-state index in [0.717, 1.165) is 31.9 Å². The average molecular weight is 340 g/mol. The van der Waals surface area contributed by atoms with Gasteiger partial charge in [0.2, 0.25) is 0 Å². The highest BCUT2D eigenvalue weighted by atomic mass is 16.5. The summed E-state index contributed by atoms with van der Waals surface area (Å²) in [4.78, 5) is 14.8. The summed E-state index contributed by atoms with van der Waals surface area (Å²) in [5, 5.41) is 3.05. The van der Waals surface area contributed by atoms with E-state index < -0.39 is 0 Å². The molecule has 25 heavy (non-hydrogen) atoms. The smallest absolute Gasteiger partial charge is 0.317 e. The number of furan rings is 1. The van der Waals surface area contributed by atoms with Gasteiger partial charge in [0.05, 0.1) is 12.9 Å². The molecule has 0 radical (unpaired) electrons. The maximum atomic E-state index is 12.7. The molecule has 3 heterocycles. The molecule has 2 aliphatic heterocycles. The number of rotatable bonds is 4. The van der Waals surface area contributed by atoms with Crippen molar-refractivity contribution in [3.8, 4) is 0 Å². The number of urea groups is 1. The van der Waals surface area contributed by atoms with Crippen LogP contribution in [0.2, 0.25) is 0 Å². The maximum absolute atomic E-state index is 12.7. The Hall–Kier alpha value is -2.27. The predicted molar refractivity (Wildman–Crippen MR) is 94.4 cm³/mol. The Kier molecular flexibility index (Phi) is 4.74. The molecule has 132 valence electrons. The van der Waals surface area contributed by atoms with Gasteiger partial charge in [0.1, 0.15) is 5.76 Å². The van der Waals surface area contributed by atoms with Crippen molar-refractivity contribution in [1.29, 1.82) is 0 Å². The summed E-state index contributed by atoms with van der Waals surface area (Å²) in [5.74, 6) is 1.63. The number of hydrogen-bond donors (Lipinski definition) is 1. The van der Waals surface area contributed by atoms with E-state index in [1.165, 1.54) is 5.56 Å². The topological polar surface area (TPSA) is 54.7 Å². The Morgan fingerprint density at radius 2 is 2.08 bits per heavy atom. The van der Waals surface area contributed by atoms with Crippen molar-refractivity contribution in [3.05, 3.63) is 60.1 Å². The number of nitrogens with zero attached hydrogens (tertiary/aromatic N) is 1. The summed E-state index contributed by atoms with van der Waals surface area (Å²) in [6.07, 6.45) is 3.29. The maximum Gasteiger partial charge on any atom is 0.317 e. The van der Waals surface area contributed by atoms with E-state index in [9.17, 15) is 4.79 Å². The zero-order valence-electron chi connectivity index (χ0n) is 14.3. The van der Waals surface area contributed by atoms with Gasteiger partial charge in [-0.3, -0.25) is 0 Å². The highest BCUT2D eigenvalue weighted by Gasteiger charge is 2.45. The van der Waals surface area contributed by atoms with Gasteiger partial charge in [-0.15, -0.1) is 0 Å². The van der Waals surface area contributed by atoms with Crippen LogP contribution in [0.25, 0.3) is 0 Å². The highest BCUT2D eigenvalue weighted by Crippen LogP contribution is 2.40. The van der Waals surface area contributed by atoms with Crippen LogP contribution in [-0.4, -0.2) is 43.3 Å². The molecular weight excluding hydrogens is 316 g/mol. The van der Waals surface area contributed by atoms with Gasteiger partial charge in [0.15, 0.2) is 0 Å². The molecule has 5 nitrogen and oxygen atoms in total. The monoisotopic (exact) mass is 340 g/mol. The largest absolute Gasteiger partial charge is 0.469 e. The third-order valence-electron chi connectivity index (χ3n) is 5.39. The normalized spacial score (nSPS) is 25.6. The third kappa shape index (κ3) is 3.42. The summed E-state index contributed by atoms with van der Waals surface area (Å²) in [6.45, 7) is 2.82. The summed E-state index contributed by atoms with van der Waals surface area (Å²) in [7, 11) is 0. The fraction of sp³-hybridized carbons (Fsp3) is 0.450. The molecule has 3 unspecified atom stereocenters. The van der Waals surface area contributed by atoms with E-state index in [2.05, 4.69) is 29.6 Å². The molecule has 2 aliphatic rings. The highest BCUT2D eigenvalue weighted by molar-refractivity contribution is 5.75. The molecule has 5 heteroatoms. The number of ether oxygens (including phenoxy) is 1. The molecule has 0 aliphatic carbocycles. The molecule has 2 aromatic rings. The van der Waals surface area contributed by atoms with E-state index in [0.29, 0.717) is 24.8 Å². The first kappa shape index (κ1) is 16.2. The second-order valence-corrected chi connectivity index (χ2v) is 6.83. The van der Waals surface area contributed by atoms with Crippen molar-refractivity contribution in [3.63, 3.8) is 0 Å². The molecule has 2 saturated heterocycles. The van der Waals surface area contributed by atoms with Gasteiger partial charge in [-0.2, -0.15) is 0 Å². The standard InChI is InChI=1S/C20H24N2O3/c23-20(21-10-8-16-7-4-11-25-16)22-13-17(15-5-2-1-3-6-15)18-14-24-12-9-19(18)22/h1-7,11,17-19H,8-10,12-14H2,(H,21,23). The van der Waals surface area contributed by atoms with Crippen LogP contribution in [-0.2, 0) is 11.2 Å². The fourth-order valence-corrected chi connectivity index (χ4v) is 4.14. The molecule has 1 N–H and O–H groups in total. The SMILES string of the molecule is O=C(NCCc1ccco1)N1CC(c2ccccc2)C2COCCC21. The molecule has 1 aromatic carbocycles. The van der Waals surface area contributed by atoms with Crippen LogP contribution in [0, 0.1) is 5.92 Å². The number of hydrogen-bond acceptors (Lipinski definition) is 3. The number of carbonyl (C=O) groups excluding carboxylic acids is 1. The first-order valence-electron chi connectivity index (χ1n) is 9.02. The molecule has 0 saturated carbocycles. The van der Waals surface area contributed by atoms with E-state index >= 15 is 0 Å². The van der Waals surface area contributed by atoms with Crippen molar-refractivity contribution in [2.75, 3.05) is 26.3 Å². The number of fused-ring (bicyclic) bond motifs is 1. The molecule has 0 bridgehead atoms. The van der Waals surface area contributed by atoms with E-state index in [4.69, 9.17) is 9.15 Å². The van der Waals surface area contributed by atoms with E-state index in [1.807, 2.05) is 23.1 Å². The van der Waals surface area contributed by atoms with Crippen LogP contribution >= 0.6 is 0 Å². The zero-order chi connectivity index (χ0) is 17.1. The van der Waals surface area contributed by atoms with Crippen LogP contribution in [0.4, 0.5) is 4.79 Å². The Labute approximate surface area is 148 Å². The summed E-state index contributed by atoms with van der Waals surface area (Å²) in [5.41, 5.74) is 1.30. The lowest BCUT2D eigenvalue weighted by Crippen LogP contribution is -2.47. The summed E-state index contributed by atoms with van der Waals surface area (Å²) < 4.78 is 11.0. The Bertz CT molecular complexity index is 686. The van der Waals surface area contributed by atoms with Gasteiger partial charge in [0, 0.05) is 44.0 Å². The first-order valence-corrected chi connectivity index (χ1v) is 9.02. The third-order valence-corrected chi connectivity index (χ3v) is 5.39. The van der Waals surface area contributed by atoms with Crippen molar-refractivity contribution in [2.45, 2.75) is 24.8 Å². The number of nitrogens with one attached hydrogen (secondary N) is 1. The van der Waals surface area contributed by atoms with Gasteiger partial charge >= 0.3 is 6.03 Å². The lowest BCUT2D eigenvalue weighted by atomic mass is 9.84. The predicted octanol–water partition coefficient (Wildman–Crippen LogP) is 3.04. The lowest BCUT2D eigenvalue weighted by molar-refractivity contribution is 0.0262. The van der Waals surface area contributed by atoms with Gasteiger partial charge in [0.25, 0.3) is 0 Å². The van der Waals surface area contributed by atoms with Gasteiger partial charge in [-0.25, -0.2) is 4.79 Å². The molecule has 0 spiro atoms. The van der Waals surface area contributed by atoms with Crippen LogP contribution in [0.3, 0.4) is 0 Å². The minimum atomic E-state index is 0.0295. The molecular formula is C20H24N2O3. The van der Waals surface area contributed by atoms with Crippen molar-refractivity contribution >= 4 is 6.03 Å². The molecule has 4 rings (SSSR count). The molecule has 2 amide bonds. The number of likely N-dealkylation sites (tertiary alicyclic amines) is 1. The second kappa shape index (κ2) is 7.31. The van der Waals surface area contributed by atoms with Crippen molar-refractivity contribution in [2.24, 2.45) is 5.92 Å². The molecule has 1 aromatic heterocycles. The van der Waals surface area contributed by atoms with E-state index in [-0.39, 0.29) is 12.1 Å².